The Kier molecular flexibility index (Phi) is 5.85. The lowest BCUT2D eigenvalue weighted by Gasteiger charge is -2.08. The average molecular weight is 266 g/mol. The molecule has 0 radical (unpaired) electrons. The Balaban J connectivity index is 2.22. The number of hydrogen-bond acceptors (Lipinski definition) is 3. The number of carboxylic acids is 2. The van der Waals surface area contributed by atoms with Crippen molar-refractivity contribution in [2.45, 2.75) is 26.2 Å². The first-order chi connectivity index (χ1) is 9.00. The molecule has 0 bridgehead atoms. The van der Waals surface area contributed by atoms with Gasteiger partial charge in [-0.05, 0) is 38.3 Å². The van der Waals surface area contributed by atoms with Crippen LogP contribution in [0.4, 0.5) is 0 Å². The zero-order chi connectivity index (χ0) is 14.3. The molecule has 1 aromatic carbocycles. The van der Waals surface area contributed by atoms with Crippen LogP contribution in [-0.4, -0.2) is 28.8 Å². The second-order valence-corrected chi connectivity index (χ2v) is 4.39. The lowest BCUT2D eigenvalue weighted by atomic mass is 10.0. The van der Waals surface area contributed by atoms with E-state index in [9.17, 15) is 9.59 Å². The van der Waals surface area contributed by atoms with Gasteiger partial charge in [-0.25, -0.2) is 0 Å². The van der Waals surface area contributed by atoms with Crippen molar-refractivity contribution in [1.82, 2.24) is 0 Å². The van der Waals surface area contributed by atoms with Gasteiger partial charge in [0.15, 0.2) is 5.92 Å². The van der Waals surface area contributed by atoms with E-state index in [0.717, 1.165) is 11.3 Å². The van der Waals surface area contributed by atoms with Crippen molar-refractivity contribution >= 4 is 11.9 Å². The van der Waals surface area contributed by atoms with Gasteiger partial charge in [-0.3, -0.25) is 9.59 Å². The third-order valence-electron chi connectivity index (χ3n) is 2.77. The van der Waals surface area contributed by atoms with Crippen molar-refractivity contribution in [2.24, 2.45) is 5.92 Å². The van der Waals surface area contributed by atoms with Crippen molar-refractivity contribution in [3.05, 3.63) is 29.8 Å². The molecule has 0 aromatic heterocycles. The largest absolute Gasteiger partial charge is 0.494 e. The minimum absolute atomic E-state index is 0.127. The number of aryl methyl sites for hydroxylation is 1. The molecule has 104 valence electrons. The third-order valence-corrected chi connectivity index (χ3v) is 2.77. The van der Waals surface area contributed by atoms with Gasteiger partial charge in [-0.15, -0.1) is 0 Å². The fraction of sp³-hybridized carbons (Fsp3) is 0.429. The molecule has 5 nitrogen and oxygen atoms in total. The Morgan fingerprint density at radius 3 is 2.21 bits per heavy atom. The highest BCUT2D eigenvalue weighted by atomic mass is 16.5. The van der Waals surface area contributed by atoms with Crippen molar-refractivity contribution in [3.8, 4) is 5.75 Å². The fourth-order valence-corrected chi connectivity index (χ4v) is 1.63. The highest BCUT2D eigenvalue weighted by Crippen LogP contribution is 2.13. The summed E-state index contributed by atoms with van der Waals surface area (Å²) < 4.78 is 5.47. The minimum Gasteiger partial charge on any atom is -0.494 e. The van der Waals surface area contributed by atoms with E-state index in [1.807, 2.05) is 31.2 Å². The van der Waals surface area contributed by atoms with E-state index in [2.05, 4.69) is 0 Å². The minimum atomic E-state index is -1.32. The number of ether oxygens (including phenoxy) is 1. The molecule has 0 aliphatic carbocycles. The maximum absolute atomic E-state index is 10.6. The second kappa shape index (κ2) is 7.41. The van der Waals surface area contributed by atoms with E-state index in [0.29, 0.717) is 19.4 Å². The summed E-state index contributed by atoms with van der Waals surface area (Å²) in [6.07, 6.45) is 1.27. The first-order valence-electron chi connectivity index (χ1n) is 6.16. The molecule has 0 fully saturated rings. The van der Waals surface area contributed by atoms with Gasteiger partial charge in [-0.2, -0.15) is 0 Å². The number of carboxylic acid groups (broad SMARTS) is 2. The number of unbranched alkanes of at least 4 members (excludes halogenated alkanes) is 1. The maximum Gasteiger partial charge on any atom is 0.317 e. The standard InChI is InChI=1S/C14H18O5/c1-10-5-7-11(8-6-10)19-9-3-2-4-12(13(15)16)14(17)18/h5-8,12H,2-4,9H2,1H3,(H,15,16)(H,17,18). The van der Waals surface area contributed by atoms with Crippen LogP contribution in [0.1, 0.15) is 24.8 Å². The normalized spacial score (nSPS) is 10.4. The van der Waals surface area contributed by atoms with Gasteiger partial charge in [0.1, 0.15) is 5.75 Å². The van der Waals surface area contributed by atoms with Crippen LogP contribution < -0.4 is 4.74 Å². The summed E-state index contributed by atoms with van der Waals surface area (Å²) >= 11 is 0. The summed E-state index contributed by atoms with van der Waals surface area (Å²) in [5.41, 5.74) is 1.15. The number of carbonyl (C=O) groups is 2. The highest BCUT2D eigenvalue weighted by molar-refractivity contribution is 5.92. The molecular weight excluding hydrogens is 248 g/mol. The van der Waals surface area contributed by atoms with Gasteiger partial charge in [0.05, 0.1) is 6.61 Å². The van der Waals surface area contributed by atoms with Gasteiger partial charge in [-0.1, -0.05) is 17.7 Å². The quantitative estimate of drug-likeness (QED) is 0.557. The summed E-state index contributed by atoms with van der Waals surface area (Å²) in [6.45, 7) is 2.44. The van der Waals surface area contributed by atoms with Gasteiger partial charge in [0, 0.05) is 0 Å². The average Bonchev–Trinajstić information content (AvgIpc) is 2.34. The van der Waals surface area contributed by atoms with Gasteiger partial charge in [0.25, 0.3) is 0 Å². The van der Waals surface area contributed by atoms with Gasteiger partial charge < -0.3 is 14.9 Å². The third kappa shape index (κ3) is 5.42. The predicted molar refractivity (Wildman–Crippen MR) is 69.3 cm³/mol. The van der Waals surface area contributed by atoms with Crippen LogP contribution in [-0.2, 0) is 9.59 Å². The summed E-state index contributed by atoms with van der Waals surface area (Å²) in [7, 11) is 0. The molecule has 2 N–H and O–H groups in total. The Hall–Kier alpha value is -2.04. The van der Waals surface area contributed by atoms with Crippen LogP contribution in [0.2, 0.25) is 0 Å². The number of benzene rings is 1. The Bertz CT molecular complexity index is 410. The van der Waals surface area contributed by atoms with Crippen LogP contribution in [0.15, 0.2) is 24.3 Å². The summed E-state index contributed by atoms with van der Waals surface area (Å²) in [4.78, 5) is 21.3. The molecule has 0 aliphatic heterocycles. The van der Waals surface area contributed by atoms with Crippen molar-refractivity contribution in [1.29, 1.82) is 0 Å². The lowest BCUT2D eigenvalue weighted by molar-refractivity contribution is -0.154. The fourth-order valence-electron chi connectivity index (χ4n) is 1.63. The zero-order valence-electron chi connectivity index (χ0n) is 10.8. The van der Waals surface area contributed by atoms with Crippen molar-refractivity contribution in [2.75, 3.05) is 6.61 Å². The molecule has 0 aliphatic rings. The van der Waals surface area contributed by atoms with E-state index < -0.39 is 17.9 Å². The molecular formula is C14H18O5. The SMILES string of the molecule is Cc1ccc(OCCCCC(C(=O)O)C(=O)O)cc1. The molecule has 5 heteroatoms. The van der Waals surface area contributed by atoms with Crippen LogP contribution >= 0.6 is 0 Å². The Morgan fingerprint density at radius 1 is 1.11 bits per heavy atom. The van der Waals surface area contributed by atoms with E-state index in [1.54, 1.807) is 0 Å². The molecule has 0 spiro atoms. The number of hydrogen-bond donors (Lipinski definition) is 2. The van der Waals surface area contributed by atoms with Gasteiger partial charge in [0.2, 0.25) is 0 Å². The molecule has 0 atom stereocenters. The molecule has 1 aromatic rings. The summed E-state index contributed by atoms with van der Waals surface area (Å²) in [5, 5.41) is 17.4. The molecule has 1 rings (SSSR count). The van der Waals surface area contributed by atoms with E-state index >= 15 is 0 Å². The predicted octanol–water partition coefficient (Wildman–Crippen LogP) is 2.33. The number of aliphatic carboxylic acids is 2. The first kappa shape index (κ1) is 15.0. The lowest BCUT2D eigenvalue weighted by Crippen LogP contribution is -2.23. The Morgan fingerprint density at radius 2 is 1.68 bits per heavy atom. The molecule has 0 amide bonds. The molecule has 0 saturated carbocycles. The number of rotatable bonds is 8. The topological polar surface area (TPSA) is 83.8 Å². The molecule has 0 heterocycles. The van der Waals surface area contributed by atoms with E-state index in [4.69, 9.17) is 14.9 Å². The van der Waals surface area contributed by atoms with E-state index in [-0.39, 0.29) is 6.42 Å². The first-order valence-corrected chi connectivity index (χ1v) is 6.16. The van der Waals surface area contributed by atoms with Crippen molar-refractivity contribution < 1.29 is 24.5 Å². The van der Waals surface area contributed by atoms with Crippen LogP contribution in [0.5, 0.6) is 5.75 Å². The summed E-state index contributed by atoms with van der Waals surface area (Å²) in [6, 6.07) is 7.62. The van der Waals surface area contributed by atoms with E-state index in [1.165, 1.54) is 0 Å². The van der Waals surface area contributed by atoms with Crippen LogP contribution in [0.25, 0.3) is 0 Å². The zero-order valence-corrected chi connectivity index (χ0v) is 10.8. The highest BCUT2D eigenvalue weighted by Gasteiger charge is 2.24. The maximum atomic E-state index is 10.6. The smallest absolute Gasteiger partial charge is 0.317 e. The molecule has 19 heavy (non-hydrogen) atoms. The Labute approximate surface area is 111 Å². The van der Waals surface area contributed by atoms with Crippen LogP contribution in [0, 0.1) is 12.8 Å². The second-order valence-electron chi connectivity index (χ2n) is 4.39. The monoisotopic (exact) mass is 266 g/mol. The van der Waals surface area contributed by atoms with Crippen LogP contribution in [0.3, 0.4) is 0 Å². The summed E-state index contributed by atoms with van der Waals surface area (Å²) in [5.74, 6) is -3.13. The molecule has 0 saturated heterocycles. The molecule has 0 unspecified atom stereocenters. The van der Waals surface area contributed by atoms with Gasteiger partial charge >= 0.3 is 11.9 Å². The van der Waals surface area contributed by atoms with Crippen molar-refractivity contribution in [3.63, 3.8) is 0 Å².